The molecule has 0 aliphatic rings. The van der Waals surface area contributed by atoms with E-state index >= 15 is 0 Å². The second kappa shape index (κ2) is 9.12. The van der Waals surface area contributed by atoms with E-state index in [9.17, 15) is 10.1 Å². The summed E-state index contributed by atoms with van der Waals surface area (Å²) >= 11 is 0. The average Bonchev–Trinajstić information content (AvgIpc) is 3.31. The summed E-state index contributed by atoms with van der Waals surface area (Å²) in [6.07, 6.45) is 1.41. The second-order valence-electron chi connectivity index (χ2n) is 7.98. The van der Waals surface area contributed by atoms with Gasteiger partial charge in [0.2, 0.25) is 0 Å². The van der Waals surface area contributed by atoms with Crippen molar-refractivity contribution in [3.63, 3.8) is 0 Å². The van der Waals surface area contributed by atoms with Crippen molar-refractivity contribution in [2.24, 2.45) is 0 Å². The number of nitriles is 1. The molecule has 1 N–H and O–H groups in total. The van der Waals surface area contributed by atoms with Gasteiger partial charge >= 0.3 is 0 Å². The predicted molar refractivity (Wildman–Crippen MR) is 135 cm³/mol. The van der Waals surface area contributed by atoms with Gasteiger partial charge in [-0.2, -0.15) is 15.0 Å². The maximum absolute atomic E-state index is 13.1. The van der Waals surface area contributed by atoms with Crippen LogP contribution in [0, 0.1) is 18.3 Å². The van der Waals surface area contributed by atoms with E-state index in [0.29, 0.717) is 22.6 Å². The third kappa shape index (κ3) is 4.09. The first-order chi connectivity index (χ1) is 17.1. The summed E-state index contributed by atoms with van der Waals surface area (Å²) in [6.45, 7) is 1.97. The molecule has 3 aromatic carbocycles. The van der Waals surface area contributed by atoms with E-state index in [1.165, 1.54) is 10.9 Å². The molecule has 7 nitrogen and oxygen atoms in total. The summed E-state index contributed by atoms with van der Waals surface area (Å²) in [5.41, 5.74) is 4.41. The molecule has 0 spiro atoms. The van der Waals surface area contributed by atoms with Crippen molar-refractivity contribution in [1.29, 1.82) is 5.26 Å². The van der Waals surface area contributed by atoms with Crippen LogP contribution >= 0.6 is 0 Å². The van der Waals surface area contributed by atoms with Crippen LogP contribution in [0.25, 0.3) is 27.8 Å². The minimum Gasteiger partial charge on any atom is -0.494 e. The predicted octanol–water partition coefficient (Wildman–Crippen LogP) is 5.53. The third-order valence-electron chi connectivity index (χ3n) is 5.81. The first-order valence-electron chi connectivity index (χ1n) is 11.0. The Kier molecular flexibility index (Phi) is 5.70. The molecule has 1 amide bonds. The molecule has 0 aliphatic carbocycles. The topological polar surface area (TPSA) is 92.8 Å². The molecule has 35 heavy (non-hydrogen) atoms. The zero-order chi connectivity index (χ0) is 24.4. The van der Waals surface area contributed by atoms with Crippen LogP contribution in [-0.4, -0.2) is 27.8 Å². The number of aromatic nitrogens is 3. The highest BCUT2D eigenvalue weighted by Gasteiger charge is 2.18. The maximum atomic E-state index is 13.1. The molecule has 2 heterocycles. The maximum Gasteiger partial charge on any atom is 0.256 e. The zero-order valence-corrected chi connectivity index (χ0v) is 19.2. The van der Waals surface area contributed by atoms with Crippen molar-refractivity contribution in [2.75, 3.05) is 12.4 Å². The van der Waals surface area contributed by atoms with E-state index in [1.54, 1.807) is 19.2 Å². The summed E-state index contributed by atoms with van der Waals surface area (Å²) < 4.78 is 6.95. The lowest BCUT2D eigenvalue weighted by molar-refractivity contribution is 0.102. The number of pyridine rings is 1. The molecule has 0 saturated carbocycles. The molecule has 5 aromatic rings. The lowest BCUT2D eigenvalue weighted by Gasteiger charge is -2.13. The van der Waals surface area contributed by atoms with Gasteiger partial charge in [-0.15, -0.1) is 0 Å². The number of para-hydroxylation sites is 1. The van der Waals surface area contributed by atoms with E-state index in [0.717, 1.165) is 22.1 Å². The highest BCUT2D eigenvalue weighted by atomic mass is 16.5. The molecule has 7 heteroatoms. The number of carbonyl (C=O) groups is 1. The first-order valence-corrected chi connectivity index (χ1v) is 11.0. The number of hydrogen-bond donors (Lipinski definition) is 1. The normalized spacial score (nSPS) is 10.7. The van der Waals surface area contributed by atoms with Gasteiger partial charge in [-0.3, -0.25) is 4.79 Å². The van der Waals surface area contributed by atoms with Crippen molar-refractivity contribution in [1.82, 2.24) is 14.8 Å². The van der Waals surface area contributed by atoms with Crippen LogP contribution in [0.1, 0.15) is 21.5 Å². The van der Waals surface area contributed by atoms with Gasteiger partial charge in [-0.25, -0.2) is 4.98 Å². The fourth-order valence-corrected chi connectivity index (χ4v) is 4.00. The number of aryl methyl sites for hydroxylation is 1. The smallest absolute Gasteiger partial charge is 0.256 e. The number of rotatable bonds is 5. The van der Waals surface area contributed by atoms with Gasteiger partial charge in [-0.1, -0.05) is 54.6 Å². The second-order valence-corrected chi connectivity index (χ2v) is 7.98. The molecule has 0 bridgehead atoms. The number of hydrogen-bond acceptors (Lipinski definition) is 5. The number of anilines is 1. The van der Waals surface area contributed by atoms with E-state index in [1.807, 2.05) is 73.7 Å². The molecular weight excluding hydrogens is 438 g/mol. The van der Waals surface area contributed by atoms with Crippen molar-refractivity contribution in [3.8, 4) is 28.8 Å². The molecule has 0 fully saturated rings. The number of amides is 1. The lowest BCUT2D eigenvalue weighted by Crippen LogP contribution is -2.16. The van der Waals surface area contributed by atoms with Gasteiger partial charge in [0.25, 0.3) is 5.91 Å². The first kappa shape index (κ1) is 21.9. The largest absolute Gasteiger partial charge is 0.494 e. The van der Waals surface area contributed by atoms with Crippen molar-refractivity contribution < 1.29 is 9.53 Å². The number of nitrogens with one attached hydrogen (secondary N) is 1. The summed E-state index contributed by atoms with van der Waals surface area (Å²) in [4.78, 5) is 17.8. The standard InChI is InChI=1S/C28H21N5O2/c1-18-15-25(31-26-23(18)9-6-10-24(26)35-2)33-27(22(16-29)17-30-33)32-28(34)21-13-11-20(12-14-21)19-7-4-3-5-8-19/h3-15,17H,1-2H3,(H,32,34). The van der Waals surface area contributed by atoms with Gasteiger partial charge in [0.05, 0.1) is 13.3 Å². The molecule has 0 radical (unpaired) electrons. The highest BCUT2D eigenvalue weighted by Crippen LogP contribution is 2.29. The van der Waals surface area contributed by atoms with Crippen LogP contribution in [0.4, 0.5) is 5.82 Å². The van der Waals surface area contributed by atoms with Gasteiger partial charge in [0, 0.05) is 10.9 Å². The Hall–Kier alpha value is -4.96. The Bertz CT molecular complexity index is 1580. The highest BCUT2D eigenvalue weighted by molar-refractivity contribution is 6.04. The fraction of sp³-hybridized carbons (Fsp3) is 0.0714. The number of ether oxygens (including phenoxy) is 1. The van der Waals surface area contributed by atoms with Crippen LogP contribution in [-0.2, 0) is 0 Å². The minimum atomic E-state index is -0.349. The number of carbonyl (C=O) groups excluding carboxylic acids is 1. The van der Waals surface area contributed by atoms with Gasteiger partial charge in [0.1, 0.15) is 22.9 Å². The fourth-order valence-electron chi connectivity index (χ4n) is 4.00. The monoisotopic (exact) mass is 459 g/mol. The summed E-state index contributed by atoms with van der Waals surface area (Å²) in [5.74, 6) is 1.00. The summed E-state index contributed by atoms with van der Waals surface area (Å²) in [6, 6.07) is 26.9. The Morgan fingerprint density at radius 3 is 2.46 bits per heavy atom. The van der Waals surface area contributed by atoms with Gasteiger partial charge in [0.15, 0.2) is 11.6 Å². The number of methoxy groups -OCH3 is 1. The quantitative estimate of drug-likeness (QED) is 0.373. The summed E-state index contributed by atoms with van der Waals surface area (Å²) in [7, 11) is 1.59. The van der Waals surface area contributed by atoms with Gasteiger partial charge < -0.3 is 10.1 Å². The molecule has 2 aromatic heterocycles. The Morgan fingerprint density at radius 1 is 1.00 bits per heavy atom. The van der Waals surface area contributed by atoms with E-state index < -0.39 is 0 Å². The van der Waals surface area contributed by atoms with Crippen LogP contribution in [0.3, 0.4) is 0 Å². The van der Waals surface area contributed by atoms with E-state index in [4.69, 9.17) is 9.72 Å². The molecule has 0 atom stereocenters. The van der Waals surface area contributed by atoms with E-state index in [2.05, 4.69) is 16.5 Å². The Balaban J connectivity index is 1.50. The number of fused-ring (bicyclic) bond motifs is 1. The minimum absolute atomic E-state index is 0.235. The van der Waals surface area contributed by atoms with E-state index in [-0.39, 0.29) is 17.3 Å². The van der Waals surface area contributed by atoms with Crippen molar-refractivity contribution in [2.45, 2.75) is 6.92 Å². The van der Waals surface area contributed by atoms with Crippen molar-refractivity contribution >= 4 is 22.6 Å². The number of nitrogens with zero attached hydrogens (tertiary/aromatic N) is 4. The SMILES string of the molecule is COc1cccc2c(C)cc(-n3ncc(C#N)c3NC(=O)c3ccc(-c4ccccc4)cc3)nc12. The van der Waals surface area contributed by atoms with Gasteiger partial charge in [-0.05, 0) is 47.9 Å². The van der Waals surface area contributed by atoms with Crippen LogP contribution in [0.5, 0.6) is 5.75 Å². The number of benzene rings is 3. The summed E-state index contributed by atoms with van der Waals surface area (Å²) in [5, 5.41) is 17.8. The zero-order valence-electron chi connectivity index (χ0n) is 19.2. The molecule has 0 aliphatic heterocycles. The Morgan fingerprint density at radius 2 is 1.74 bits per heavy atom. The third-order valence-corrected chi connectivity index (χ3v) is 5.81. The lowest BCUT2D eigenvalue weighted by atomic mass is 10.0. The molecule has 5 rings (SSSR count). The molecule has 170 valence electrons. The average molecular weight is 460 g/mol. The molecule has 0 saturated heterocycles. The Labute approximate surface area is 202 Å². The van der Waals surface area contributed by atoms with Crippen LogP contribution in [0.2, 0.25) is 0 Å². The van der Waals surface area contributed by atoms with Crippen LogP contribution < -0.4 is 10.1 Å². The molecular formula is C28H21N5O2. The molecule has 0 unspecified atom stereocenters. The van der Waals surface area contributed by atoms with Crippen molar-refractivity contribution in [3.05, 3.63) is 102 Å². The van der Waals surface area contributed by atoms with Crippen LogP contribution in [0.15, 0.2) is 85.1 Å².